The van der Waals surface area contributed by atoms with Crippen LogP contribution in [0.25, 0.3) is 0 Å². The van der Waals surface area contributed by atoms with Crippen LogP contribution in [0.5, 0.6) is 0 Å². The Balaban J connectivity index is 2.80. The van der Waals surface area contributed by atoms with Crippen LogP contribution in [0.1, 0.15) is 31.7 Å². The van der Waals surface area contributed by atoms with Crippen molar-refractivity contribution in [2.75, 3.05) is 0 Å². The van der Waals surface area contributed by atoms with E-state index in [-0.39, 0.29) is 11.7 Å². The number of hydrogen-bond donors (Lipinski definition) is 2. The first-order chi connectivity index (χ1) is 7.41. The summed E-state index contributed by atoms with van der Waals surface area (Å²) in [4.78, 5) is 0. The monoisotopic (exact) mass is 290 g/mol. The molecule has 0 bridgehead atoms. The number of aliphatic hydroxyl groups excluding tert-OH is 2. The van der Waals surface area contributed by atoms with Crippen LogP contribution in [0.15, 0.2) is 22.7 Å². The van der Waals surface area contributed by atoms with Gasteiger partial charge in [-0.1, -0.05) is 22.9 Å². The molecule has 3 unspecified atom stereocenters. The molecule has 1 rings (SSSR count). The summed E-state index contributed by atoms with van der Waals surface area (Å²) in [7, 11) is 0. The Kier molecular flexibility index (Phi) is 4.89. The zero-order valence-corrected chi connectivity index (χ0v) is 10.9. The van der Waals surface area contributed by atoms with E-state index in [4.69, 9.17) is 0 Å². The summed E-state index contributed by atoms with van der Waals surface area (Å²) >= 11 is 3.28. The second-order valence-corrected chi connectivity index (χ2v) is 5.03. The Morgan fingerprint density at radius 1 is 1.31 bits per heavy atom. The van der Waals surface area contributed by atoms with Gasteiger partial charge in [0.2, 0.25) is 0 Å². The molecule has 0 aliphatic carbocycles. The van der Waals surface area contributed by atoms with E-state index in [0.29, 0.717) is 12.0 Å². The Morgan fingerprint density at radius 2 is 1.94 bits per heavy atom. The summed E-state index contributed by atoms with van der Waals surface area (Å²) in [6.45, 7) is 3.35. The van der Waals surface area contributed by atoms with Gasteiger partial charge in [-0.2, -0.15) is 0 Å². The summed E-state index contributed by atoms with van der Waals surface area (Å²) in [5, 5.41) is 18.7. The molecule has 16 heavy (non-hydrogen) atoms. The molecular weight excluding hydrogens is 275 g/mol. The van der Waals surface area contributed by atoms with Gasteiger partial charge in [0.25, 0.3) is 0 Å². The van der Waals surface area contributed by atoms with Crippen LogP contribution in [-0.4, -0.2) is 22.4 Å². The molecule has 0 aliphatic rings. The summed E-state index contributed by atoms with van der Waals surface area (Å²) in [5.41, 5.74) is 0.550. The molecule has 2 N–H and O–H groups in total. The van der Waals surface area contributed by atoms with Crippen molar-refractivity contribution in [3.8, 4) is 0 Å². The molecule has 1 aromatic rings. The second kappa shape index (κ2) is 5.75. The topological polar surface area (TPSA) is 40.5 Å². The lowest BCUT2D eigenvalue weighted by atomic mass is 9.93. The predicted molar refractivity (Wildman–Crippen MR) is 64.8 cm³/mol. The van der Waals surface area contributed by atoms with Gasteiger partial charge in [0.1, 0.15) is 5.82 Å². The van der Waals surface area contributed by atoms with Crippen LogP contribution < -0.4 is 0 Å². The molecule has 0 amide bonds. The third-order valence-electron chi connectivity index (χ3n) is 2.64. The lowest BCUT2D eigenvalue weighted by Crippen LogP contribution is -2.24. The molecule has 0 aliphatic heterocycles. The average Bonchev–Trinajstić information content (AvgIpc) is 2.21. The number of rotatable bonds is 4. The van der Waals surface area contributed by atoms with Crippen LogP contribution in [0.2, 0.25) is 0 Å². The molecule has 0 saturated carbocycles. The largest absolute Gasteiger partial charge is 0.391 e. The first kappa shape index (κ1) is 13.6. The molecule has 1 aromatic carbocycles. The van der Waals surface area contributed by atoms with Crippen molar-refractivity contribution in [1.29, 1.82) is 0 Å². The summed E-state index contributed by atoms with van der Waals surface area (Å²) in [6.07, 6.45) is -1.28. The van der Waals surface area contributed by atoms with E-state index in [1.807, 2.05) is 6.92 Å². The highest BCUT2D eigenvalue weighted by Crippen LogP contribution is 2.27. The predicted octanol–water partition coefficient (Wildman–Crippen LogP) is 2.82. The standard InChI is InChI=1S/C12H16BrFO2/c1-7(5-12(16)8(2)15)10-6-9(13)3-4-11(10)14/h3-4,6-8,12,15-16H,5H2,1-2H3. The minimum Gasteiger partial charge on any atom is -0.391 e. The van der Waals surface area contributed by atoms with Gasteiger partial charge in [0.05, 0.1) is 12.2 Å². The van der Waals surface area contributed by atoms with Crippen molar-refractivity contribution >= 4 is 15.9 Å². The first-order valence-electron chi connectivity index (χ1n) is 5.23. The molecule has 0 fully saturated rings. The van der Waals surface area contributed by atoms with E-state index in [1.54, 1.807) is 12.1 Å². The third kappa shape index (κ3) is 3.54. The van der Waals surface area contributed by atoms with Crippen LogP contribution in [0, 0.1) is 5.82 Å². The van der Waals surface area contributed by atoms with E-state index in [0.717, 1.165) is 4.47 Å². The lowest BCUT2D eigenvalue weighted by molar-refractivity contribution is 0.0225. The van der Waals surface area contributed by atoms with E-state index < -0.39 is 12.2 Å². The SMILES string of the molecule is CC(CC(O)C(C)O)c1cc(Br)ccc1F. The molecule has 0 heterocycles. The third-order valence-corrected chi connectivity index (χ3v) is 3.13. The number of hydrogen-bond acceptors (Lipinski definition) is 2. The fourth-order valence-electron chi connectivity index (χ4n) is 1.58. The van der Waals surface area contributed by atoms with Gasteiger partial charge in [0.15, 0.2) is 0 Å². The van der Waals surface area contributed by atoms with E-state index in [9.17, 15) is 14.6 Å². The maximum atomic E-state index is 13.5. The normalized spacial score (nSPS) is 16.9. The summed E-state index contributed by atoms with van der Waals surface area (Å²) in [5.74, 6) is -0.421. The van der Waals surface area contributed by atoms with Gasteiger partial charge in [-0.15, -0.1) is 0 Å². The van der Waals surface area contributed by atoms with E-state index in [1.165, 1.54) is 13.0 Å². The fourth-order valence-corrected chi connectivity index (χ4v) is 1.96. The highest BCUT2D eigenvalue weighted by atomic mass is 79.9. The van der Waals surface area contributed by atoms with E-state index >= 15 is 0 Å². The molecule has 0 radical (unpaired) electrons. The van der Waals surface area contributed by atoms with Crippen LogP contribution in [-0.2, 0) is 0 Å². The van der Waals surface area contributed by atoms with Crippen LogP contribution >= 0.6 is 15.9 Å². The quantitative estimate of drug-likeness (QED) is 0.895. The number of benzene rings is 1. The summed E-state index contributed by atoms with van der Waals surface area (Å²) in [6, 6.07) is 4.73. The highest BCUT2D eigenvalue weighted by Gasteiger charge is 2.18. The zero-order valence-electron chi connectivity index (χ0n) is 9.32. The van der Waals surface area contributed by atoms with Crippen molar-refractivity contribution in [1.82, 2.24) is 0 Å². The molecular formula is C12H16BrFO2. The smallest absolute Gasteiger partial charge is 0.126 e. The Labute approximate surface area is 103 Å². The van der Waals surface area contributed by atoms with Crippen molar-refractivity contribution in [3.05, 3.63) is 34.1 Å². The van der Waals surface area contributed by atoms with Gasteiger partial charge in [0, 0.05) is 4.47 Å². The van der Waals surface area contributed by atoms with Gasteiger partial charge in [-0.25, -0.2) is 4.39 Å². The van der Waals surface area contributed by atoms with Gasteiger partial charge in [-0.3, -0.25) is 0 Å². The Hall–Kier alpha value is -0.450. The molecule has 2 nitrogen and oxygen atoms in total. The molecule has 0 aromatic heterocycles. The highest BCUT2D eigenvalue weighted by molar-refractivity contribution is 9.10. The van der Waals surface area contributed by atoms with Gasteiger partial charge >= 0.3 is 0 Å². The molecule has 90 valence electrons. The number of halogens is 2. The minimum atomic E-state index is -0.826. The van der Waals surface area contributed by atoms with Crippen molar-refractivity contribution in [3.63, 3.8) is 0 Å². The van der Waals surface area contributed by atoms with Crippen LogP contribution in [0.4, 0.5) is 4.39 Å². The first-order valence-corrected chi connectivity index (χ1v) is 6.02. The van der Waals surface area contributed by atoms with Crippen LogP contribution in [0.3, 0.4) is 0 Å². The molecule has 4 heteroatoms. The van der Waals surface area contributed by atoms with E-state index in [2.05, 4.69) is 15.9 Å². The fraction of sp³-hybridized carbons (Fsp3) is 0.500. The molecule has 3 atom stereocenters. The molecule has 0 spiro atoms. The summed E-state index contributed by atoms with van der Waals surface area (Å²) < 4.78 is 14.3. The average molecular weight is 291 g/mol. The van der Waals surface area contributed by atoms with Gasteiger partial charge in [-0.05, 0) is 43.0 Å². The lowest BCUT2D eigenvalue weighted by Gasteiger charge is -2.19. The van der Waals surface area contributed by atoms with Crippen molar-refractivity contribution in [2.45, 2.75) is 38.4 Å². The zero-order chi connectivity index (χ0) is 12.3. The van der Waals surface area contributed by atoms with Gasteiger partial charge < -0.3 is 10.2 Å². The maximum Gasteiger partial charge on any atom is 0.126 e. The van der Waals surface area contributed by atoms with Crippen molar-refractivity contribution < 1.29 is 14.6 Å². The number of aliphatic hydroxyl groups is 2. The Morgan fingerprint density at radius 3 is 2.50 bits per heavy atom. The molecule has 0 saturated heterocycles. The Bertz CT molecular complexity index is 355. The van der Waals surface area contributed by atoms with Crippen molar-refractivity contribution in [2.24, 2.45) is 0 Å². The second-order valence-electron chi connectivity index (χ2n) is 4.11. The minimum absolute atomic E-state index is 0.137. The maximum absolute atomic E-state index is 13.5.